The van der Waals surface area contributed by atoms with Crippen molar-refractivity contribution in [1.82, 2.24) is 19.7 Å². The number of hydrogen-bond donors (Lipinski definition) is 1. The molecule has 0 spiro atoms. The van der Waals surface area contributed by atoms with Gasteiger partial charge in [-0.3, -0.25) is 9.48 Å². The number of benzene rings is 1. The van der Waals surface area contributed by atoms with Gasteiger partial charge in [-0.2, -0.15) is 5.10 Å². The number of amides is 1. The highest BCUT2D eigenvalue weighted by atomic mass is 16.3. The first-order valence-electron chi connectivity index (χ1n) is 7.33. The van der Waals surface area contributed by atoms with Crippen molar-refractivity contribution in [3.8, 4) is 11.4 Å². The second-order valence-electron chi connectivity index (χ2n) is 5.72. The van der Waals surface area contributed by atoms with Gasteiger partial charge in [0.2, 0.25) is 0 Å². The van der Waals surface area contributed by atoms with Gasteiger partial charge < -0.3 is 10.0 Å². The van der Waals surface area contributed by atoms with Crippen LogP contribution < -0.4 is 0 Å². The normalized spacial score (nSPS) is 12.5. The highest BCUT2D eigenvalue weighted by molar-refractivity contribution is 5.94. The van der Waals surface area contributed by atoms with Crippen LogP contribution in [-0.2, 0) is 7.05 Å². The van der Waals surface area contributed by atoms with E-state index in [0.29, 0.717) is 17.9 Å². The number of aryl methyl sites for hydroxylation is 1. The summed E-state index contributed by atoms with van der Waals surface area (Å²) in [5.41, 5.74) is 1.46. The van der Waals surface area contributed by atoms with Crippen molar-refractivity contribution in [1.29, 1.82) is 0 Å². The molecule has 0 aliphatic carbocycles. The van der Waals surface area contributed by atoms with Gasteiger partial charge in [0.1, 0.15) is 6.33 Å². The molecular formula is C16H22N4O2. The zero-order chi connectivity index (χ0) is 16.3. The van der Waals surface area contributed by atoms with Crippen LogP contribution in [0.25, 0.3) is 11.4 Å². The molecule has 2 aromatic rings. The van der Waals surface area contributed by atoms with Gasteiger partial charge >= 0.3 is 0 Å². The van der Waals surface area contributed by atoms with E-state index in [1.54, 1.807) is 35.0 Å². The Kier molecular flexibility index (Phi) is 4.92. The average molecular weight is 302 g/mol. The van der Waals surface area contributed by atoms with E-state index < -0.39 is 6.10 Å². The summed E-state index contributed by atoms with van der Waals surface area (Å²) in [5, 5.41) is 13.8. The maximum absolute atomic E-state index is 12.6. The first-order valence-corrected chi connectivity index (χ1v) is 7.33. The zero-order valence-corrected chi connectivity index (χ0v) is 13.4. The molecule has 118 valence electrons. The molecule has 22 heavy (non-hydrogen) atoms. The number of aromatic nitrogens is 3. The number of carbonyl (C=O) groups excluding carboxylic acids is 1. The third-order valence-corrected chi connectivity index (χ3v) is 3.33. The van der Waals surface area contributed by atoms with Crippen LogP contribution in [0.15, 0.2) is 30.6 Å². The molecule has 0 saturated carbocycles. The smallest absolute Gasteiger partial charge is 0.254 e. The van der Waals surface area contributed by atoms with Crippen molar-refractivity contribution in [3.05, 3.63) is 36.2 Å². The topological polar surface area (TPSA) is 71.2 Å². The lowest BCUT2D eigenvalue weighted by molar-refractivity contribution is 0.0579. The van der Waals surface area contributed by atoms with Gasteiger partial charge in [-0.1, -0.05) is 12.1 Å². The lowest BCUT2D eigenvalue weighted by Gasteiger charge is -2.28. The van der Waals surface area contributed by atoms with Crippen LogP contribution >= 0.6 is 0 Å². The van der Waals surface area contributed by atoms with Crippen LogP contribution in [-0.4, -0.2) is 49.4 Å². The van der Waals surface area contributed by atoms with E-state index in [1.807, 2.05) is 33.0 Å². The first kappa shape index (κ1) is 16.2. The van der Waals surface area contributed by atoms with Crippen LogP contribution in [0, 0.1) is 0 Å². The summed E-state index contributed by atoms with van der Waals surface area (Å²) < 4.78 is 1.64. The molecule has 6 heteroatoms. The maximum atomic E-state index is 12.6. The summed E-state index contributed by atoms with van der Waals surface area (Å²) in [4.78, 5) is 18.4. The molecule has 2 rings (SSSR count). The molecule has 6 nitrogen and oxygen atoms in total. The predicted molar refractivity (Wildman–Crippen MR) is 84.3 cm³/mol. The molecule has 0 radical (unpaired) electrons. The Morgan fingerprint density at radius 2 is 1.91 bits per heavy atom. The van der Waals surface area contributed by atoms with E-state index in [0.717, 1.165) is 5.56 Å². The number of aliphatic hydroxyl groups excluding tert-OH is 1. The highest BCUT2D eigenvalue weighted by Gasteiger charge is 2.20. The summed E-state index contributed by atoms with van der Waals surface area (Å²) in [6.45, 7) is 5.87. The number of carbonyl (C=O) groups is 1. The van der Waals surface area contributed by atoms with Crippen molar-refractivity contribution in [2.75, 3.05) is 6.54 Å². The Morgan fingerprint density at radius 1 is 1.27 bits per heavy atom. The number of nitrogens with zero attached hydrogens (tertiary/aromatic N) is 4. The number of rotatable bonds is 5. The summed E-state index contributed by atoms with van der Waals surface area (Å²) in [6.07, 6.45) is 1.08. The quantitative estimate of drug-likeness (QED) is 0.913. The molecule has 1 unspecified atom stereocenters. The van der Waals surface area contributed by atoms with Crippen molar-refractivity contribution < 1.29 is 9.90 Å². The molecule has 0 fully saturated rings. The summed E-state index contributed by atoms with van der Waals surface area (Å²) in [6, 6.07) is 7.24. The predicted octanol–water partition coefficient (Wildman–Crippen LogP) is 1.71. The lowest BCUT2D eigenvalue weighted by atomic mass is 10.1. The summed E-state index contributed by atoms with van der Waals surface area (Å²) in [7, 11) is 1.81. The molecule has 0 aliphatic heterocycles. The average Bonchev–Trinajstić information content (AvgIpc) is 2.90. The Balaban J connectivity index is 2.19. The number of aliphatic hydroxyl groups is 1. The summed E-state index contributed by atoms with van der Waals surface area (Å²) >= 11 is 0. The van der Waals surface area contributed by atoms with Crippen LogP contribution in [0.1, 0.15) is 31.1 Å². The summed E-state index contributed by atoms with van der Waals surface area (Å²) in [5.74, 6) is 0.544. The van der Waals surface area contributed by atoms with Crippen molar-refractivity contribution >= 4 is 5.91 Å². The standard InChI is InChI=1S/C16H22N4O2/c1-11(2)20(9-12(3)21)16(22)14-7-5-13(6-8-14)15-17-10-19(4)18-15/h5-8,10-12,21H,9H2,1-4H3. The Labute approximate surface area is 130 Å². The fraction of sp³-hybridized carbons (Fsp3) is 0.438. The van der Waals surface area contributed by atoms with E-state index in [9.17, 15) is 9.90 Å². The second kappa shape index (κ2) is 6.70. The molecule has 0 saturated heterocycles. The van der Waals surface area contributed by atoms with E-state index in [1.165, 1.54) is 0 Å². The Hall–Kier alpha value is -2.21. The van der Waals surface area contributed by atoms with Crippen LogP contribution in [0.4, 0.5) is 0 Å². The van der Waals surface area contributed by atoms with Gasteiger partial charge in [-0.05, 0) is 32.9 Å². The van der Waals surface area contributed by atoms with Crippen LogP contribution in [0.3, 0.4) is 0 Å². The zero-order valence-electron chi connectivity index (χ0n) is 13.4. The monoisotopic (exact) mass is 302 g/mol. The minimum Gasteiger partial charge on any atom is -0.392 e. The SMILES string of the molecule is CC(O)CN(C(=O)c1ccc(-c2ncn(C)n2)cc1)C(C)C. The van der Waals surface area contributed by atoms with Crippen LogP contribution in [0.2, 0.25) is 0 Å². The fourth-order valence-corrected chi connectivity index (χ4v) is 2.21. The van der Waals surface area contributed by atoms with E-state index in [4.69, 9.17) is 0 Å². The van der Waals surface area contributed by atoms with Crippen molar-refractivity contribution in [2.24, 2.45) is 7.05 Å². The second-order valence-corrected chi connectivity index (χ2v) is 5.72. The molecule has 1 heterocycles. The molecule has 1 aromatic heterocycles. The molecule has 0 bridgehead atoms. The molecule has 0 aliphatic rings. The van der Waals surface area contributed by atoms with E-state index in [2.05, 4.69) is 10.1 Å². The Bertz CT molecular complexity index is 632. The molecular weight excluding hydrogens is 280 g/mol. The van der Waals surface area contributed by atoms with E-state index in [-0.39, 0.29) is 11.9 Å². The van der Waals surface area contributed by atoms with Crippen molar-refractivity contribution in [3.63, 3.8) is 0 Å². The largest absolute Gasteiger partial charge is 0.392 e. The molecule has 1 amide bonds. The third kappa shape index (κ3) is 3.71. The number of hydrogen-bond acceptors (Lipinski definition) is 4. The maximum Gasteiger partial charge on any atom is 0.254 e. The van der Waals surface area contributed by atoms with Crippen LogP contribution in [0.5, 0.6) is 0 Å². The Morgan fingerprint density at radius 3 is 2.36 bits per heavy atom. The van der Waals surface area contributed by atoms with Gasteiger partial charge in [0.15, 0.2) is 5.82 Å². The molecule has 1 atom stereocenters. The van der Waals surface area contributed by atoms with Crippen molar-refractivity contribution in [2.45, 2.75) is 32.9 Å². The minimum atomic E-state index is -0.552. The first-order chi connectivity index (χ1) is 10.4. The van der Waals surface area contributed by atoms with Gasteiger partial charge in [-0.25, -0.2) is 4.98 Å². The molecule has 1 aromatic carbocycles. The van der Waals surface area contributed by atoms with Gasteiger partial charge in [-0.15, -0.1) is 0 Å². The van der Waals surface area contributed by atoms with E-state index >= 15 is 0 Å². The van der Waals surface area contributed by atoms with Gasteiger partial charge in [0, 0.05) is 30.8 Å². The van der Waals surface area contributed by atoms with Gasteiger partial charge in [0.25, 0.3) is 5.91 Å². The highest BCUT2D eigenvalue weighted by Crippen LogP contribution is 2.17. The fourth-order valence-electron chi connectivity index (χ4n) is 2.21. The minimum absolute atomic E-state index is 0.0271. The third-order valence-electron chi connectivity index (χ3n) is 3.33. The molecule has 1 N–H and O–H groups in total. The lowest BCUT2D eigenvalue weighted by Crippen LogP contribution is -2.41. The van der Waals surface area contributed by atoms with Gasteiger partial charge in [0.05, 0.1) is 6.10 Å².